The molecule has 0 spiro atoms. The third-order valence-corrected chi connectivity index (χ3v) is 2.34. The first-order valence-corrected chi connectivity index (χ1v) is 4.76. The van der Waals surface area contributed by atoms with Gasteiger partial charge in [0, 0.05) is 12.5 Å². The van der Waals surface area contributed by atoms with E-state index in [1.165, 1.54) is 11.1 Å². The molecule has 1 aliphatic heterocycles. The Labute approximate surface area is 90.9 Å². The molecule has 2 nitrogen and oxygen atoms in total. The van der Waals surface area contributed by atoms with Gasteiger partial charge < -0.3 is 10.5 Å². The molecule has 0 bridgehead atoms. The van der Waals surface area contributed by atoms with Crippen LogP contribution < -0.4 is 10.5 Å². The van der Waals surface area contributed by atoms with E-state index in [0.29, 0.717) is 0 Å². The summed E-state index contributed by atoms with van der Waals surface area (Å²) in [4.78, 5) is 0. The lowest BCUT2D eigenvalue weighted by Gasteiger charge is -2.09. The van der Waals surface area contributed by atoms with Crippen LogP contribution in [0.3, 0.4) is 0 Å². The van der Waals surface area contributed by atoms with Crippen LogP contribution in [0.4, 0.5) is 0 Å². The van der Waals surface area contributed by atoms with Gasteiger partial charge in [-0.1, -0.05) is 18.2 Å². The van der Waals surface area contributed by atoms with Crippen molar-refractivity contribution in [1.82, 2.24) is 0 Å². The minimum Gasteiger partial charge on any atom is -0.493 e. The molecule has 14 heavy (non-hydrogen) atoms. The molecule has 1 aromatic rings. The Morgan fingerprint density at radius 1 is 1.50 bits per heavy atom. The summed E-state index contributed by atoms with van der Waals surface area (Å²) in [6, 6.07) is 6.53. The molecule has 0 saturated carbocycles. The van der Waals surface area contributed by atoms with E-state index in [4.69, 9.17) is 10.5 Å². The lowest BCUT2D eigenvalue weighted by molar-refractivity contribution is 0.352. The van der Waals surface area contributed by atoms with Crippen molar-refractivity contribution in [3.05, 3.63) is 29.3 Å². The van der Waals surface area contributed by atoms with E-state index < -0.39 is 0 Å². The van der Waals surface area contributed by atoms with Crippen molar-refractivity contribution in [2.45, 2.75) is 25.8 Å². The molecule has 0 aromatic heterocycles. The van der Waals surface area contributed by atoms with Crippen LogP contribution >= 0.6 is 12.4 Å². The largest absolute Gasteiger partial charge is 0.493 e. The summed E-state index contributed by atoms with van der Waals surface area (Å²) in [5.74, 6) is 1.08. The quantitative estimate of drug-likeness (QED) is 0.815. The Hall–Kier alpha value is -0.730. The maximum atomic E-state index is 5.76. The van der Waals surface area contributed by atoms with Crippen molar-refractivity contribution in [2.75, 3.05) is 6.61 Å². The minimum atomic E-state index is 0. The lowest BCUT2D eigenvalue weighted by Crippen LogP contribution is -2.18. The topological polar surface area (TPSA) is 35.2 Å². The second-order valence-corrected chi connectivity index (χ2v) is 3.69. The van der Waals surface area contributed by atoms with Gasteiger partial charge in [-0.3, -0.25) is 0 Å². The second-order valence-electron chi connectivity index (χ2n) is 3.69. The van der Waals surface area contributed by atoms with Gasteiger partial charge in [-0.25, -0.2) is 0 Å². The summed E-state index contributed by atoms with van der Waals surface area (Å²) in [6.45, 7) is 2.85. The molecule has 78 valence electrons. The highest BCUT2D eigenvalue weighted by atomic mass is 35.5. The summed E-state index contributed by atoms with van der Waals surface area (Å²) in [5.41, 5.74) is 8.35. The van der Waals surface area contributed by atoms with Crippen LogP contribution in [-0.4, -0.2) is 12.6 Å². The van der Waals surface area contributed by atoms with E-state index in [2.05, 4.69) is 18.2 Å². The molecule has 0 radical (unpaired) electrons. The predicted octanol–water partition coefficient (Wildman–Crippen LogP) is 1.93. The number of ether oxygens (including phenoxy) is 1. The standard InChI is InChI=1S/C11H15NO.ClH/c1-8(12)7-10-4-2-3-9-5-6-13-11(9)10;/h2-4,8H,5-7,12H2,1H3;1H. The van der Waals surface area contributed by atoms with E-state index in [1.54, 1.807) is 0 Å². The third-order valence-electron chi connectivity index (χ3n) is 2.34. The van der Waals surface area contributed by atoms with Crippen LogP contribution in [-0.2, 0) is 12.8 Å². The Balaban J connectivity index is 0.000000980. The SMILES string of the molecule is CC(N)Cc1cccc2c1OCC2.Cl. The predicted molar refractivity (Wildman–Crippen MR) is 60.2 cm³/mol. The zero-order valence-corrected chi connectivity index (χ0v) is 9.14. The summed E-state index contributed by atoms with van der Waals surface area (Å²) in [5, 5.41) is 0. The first kappa shape index (κ1) is 11.3. The summed E-state index contributed by atoms with van der Waals surface area (Å²) < 4.78 is 5.57. The number of hydrogen-bond acceptors (Lipinski definition) is 2. The molecule has 0 saturated heterocycles. The maximum Gasteiger partial charge on any atom is 0.125 e. The summed E-state index contributed by atoms with van der Waals surface area (Å²) in [7, 11) is 0. The van der Waals surface area contributed by atoms with Gasteiger partial charge in [0.05, 0.1) is 6.61 Å². The minimum absolute atomic E-state index is 0. The van der Waals surface area contributed by atoms with Crippen molar-refractivity contribution < 1.29 is 4.74 Å². The van der Waals surface area contributed by atoms with Gasteiger partial charge in [0.15, 0.2) is 0 Å². The first-order valence-electron chi connectivity index (χ1n) is 4.76. The zero-order chi connectivity index (χ0) is 9.26. The smallest absolute Gasteiger partial charge is 0.125 e. The van der Waals surface area contributed by atoms with Crippen molar-refractivity contribution in [1.29, 1.82) is 0 Å². The molecule has 2 rings (SSSR count). The zero-order valence-electron chi connectivity index (χ0n) is 8.32. The number of halogens is 1. The van der Waals surface area contributed by atoms with E-state index >= 15 is 0 Å². The molecule has 0 aliphatic carbocycles. The van der Waals surface area contributed by atoms with E-state index in [-0.39, 0.29) is 18.4 Å². The fourth-order valence-electron chi connectivity index (χ4n) is 1.79. The van der Waals surface area contributed by atoms with Gasteiger partial charge in [-0.15, -0.1) is 12.4 Å². The van der Waals surface area contributed by atoms with E-state index in [9.17, 15) is 0 Å². The van der Waals surface area contributed by atoms with Crippen LogP contribution in [0, 0.1) is 0 Å². The molecule has 1 aromatic carbocycles. The van der Waals surface area contributed by atoms with Crippen LogP contribution in [0.1, 0.15) is 18.1 Å². The number of nitrogens with two attached hydrogens (primary N) is 1. The Bertz CT molecular complexity index is 312. The molecule has 1 heterocycles. The fraction of sp³-hybridized carbons (Fsp3) is 0.455. The maximum absolute atomic E-state index is 5.76. The molecule has 1 unspecified atom stereocenters. The number of rotatable bonds is 2. The number of hydrogen-bond donors (Lipinski definition) is 1. The van der Waals surface area contributed by atoms with E-state index in [0.717, 1.165) is 25.2 Å². The highest BCUT2D eigenvalue weighted by molar-refractivity contribution is 5.85. The molecule has 2 N–H and O–H groups in total. The van der Waals surface area contributed by atoms with Gasteiger partial charge in [-0.05, 0) is 24.5 Å². The lowest BCUT2D eigenvalue weighted by atomic mass is 10.0. The number of benzene rings is 1. The van der Waals surface area contributed by atoms with Crippen molar-refractivity contribution in [3.8, 4) is 5.75 Å². The van der Waals surface area contributed by atoms with Gasteiger partial charge in [0.1, 0.15) is 5.75 Å². The van der Waals surface area contributed by atoms with Crippen LogP contribution in [0.15, 0.2) is 18.2 Å². The highest BCUT2D eigenvalue weighted by Crippen LogP contribution is 2.29. The average molecular weight is 214 g/mol. The van der Waals surface area contributed by atoms with Crippen LogP contribution in [0.5, 0.6) is 5.75 Å². The Morgan fingerprint density at radius 2 is 2.29 bits per heavy atom. The highest BCUT2D eigenvalue weighted by Gasteiger charge is 2.15. The monoisotopic (exact) mass is 213 g/mol. The fourth-order valence-corrected chi connectivity index (χ4v) is 1.79. The van der Waals surface area contributed by atoms with Crippen molar-refractivity contribution in [2.24, 2.45) is 5.73 Å². The molecule has 0 amide bonds. The van der Waals surface area contributed by atoms with Crippen LogP contribution in [0.25, 0.3) is 0 Å². The number of para-hydroxylation sites is 1. The Morgan fingerprint density at radius 3 is 3.00 bits per heavy atom. The summed E-state index contributed by atoms with van der Waals surface area (Å²) in [6.07, 6.45) is 1.95. The molecule has 1 aliphatic rings. The third kappa shape index (κ3) is 2.20. The first-order chi connectivity index (χ1) is 6.27. The normalized spacial score (nSPS) is 15.3. The molecular formula is C11H16ClNO. The van der Waals surface area contributed by atoms with Gasteiger partial charge in [0.2, 0.25) is 0 Å². The number of fused-ring (bicyclic) bond motifs is 1. The van der Waals surface area contributed by atoms with E-state index in [1.807, 2.05) is 6.92 Å². The van der Waals surface area contributed by atoms with Crippen molar-refractivity contribution in [3.63, 3.8) is 0 Å². The van der Waals surface area contributed by atoms with Gasteiger partial charge in [0.25, 0.3) is 0 Å². The Kier molecular flexibility index (Phi) is 3.78. The molecule has 3 heteroatoms. The van der Waals surface area contributed by atoms with Crippen molar-refractivity contribution >= 4 is 12.4 Å². The molecule has 0 fully saturated rings. The average Bonchev–Trinajstić information content (AvgIpc) is 2.51. The van der Waals surface area contributed by atoms with Gasteiger partial charge >= 0.3 is 0 Å². The molecular weight excluding hydrogens is 198 g/mol. The molecule has 1 atom stereocenters. The second kappa shape index (κ2) is 4.67. The van der Waals surface area contributed by atoms with Crippen LogP contribution in [0.2, 0.25) is 0 Å². The summed E-state index contributed by atoms with van der Waals surface area (Å²) >= 11 is 0. The van der Waals surface area contributed by atoms with Gasteiger partial charge in [-0.2, -0.15) is 0 Å².